The molecule has 1 aliphatic rings. The molecule has 1 rings (SSSR count). The molecule has 1 amide bonds. The van der Waals surface area contributed by atoms with Crippen molar-refractivity contribution in [3.8, 4) is 0 Å². The summed E-state index contributed by atoms with van der Waals surface area (Å²) in [5.74, 6) is 0.477. The Morgan fingerprint density at radius 3 is 2.76 bits per heavy atom. The highest BCUT2D eigenvalue weighted by Crippen LogP contribution is 2.25. The summed E-state index contributed by atoms with van der Waals surface area (Å²) in [5.41, 5.74) is 5.84. The van der Waals surface area contributed by atoms with Gasteiger partial charge in [-0.2, -0.15) is 0 Å². The van der Waals surface area contributed by atoms with Crippen molar-refractivity contribution in [1.29, 1.82) is 0 Å². The van der Waals surface area contributed by atoms with E-state index in [9.17, 15) is 4.79 Å². The van der Waals surface area contributed by atoms with Crippen LogP contribution >= 0.6 is 0 Å². The molecule has 0 heterocycles. The summed E-state index contributed by atoms with van der Waals surface area (Å²) in [5, 5.41) is 0. The minimum atomic E-state index is 0.183. The Morgan fingerprint density at radius 2 is 2.18 bits per heavy atom. The van der Waals surface area contributed by atoms with Gasteiger partial charge in [-0.15, -0.1) is 6.58 Å². The normalized spacial score (nSPS) is 23.6. The summed E-state index contributed by atoms with van der Waals surface area (Å²) < 4.78 is 0. The van der Waals surface area contributed by atoms with Crippen molar-refractivity contribution >= 4 is 5.91 Å². The Bertz CT molecular complexity index is 253. The largest absolute Gasteiger partial charge is 0.346 e. The van der Waals surface area contributed by atoms with Gasteiger partial charge in [0.05, 0.1) is 0 Å². The van der Waals surface area contributed by atoms with Crippen molar-refractivity contribution in [2.45, 2.75) is 51.0 Å². The lowest BCUT2D eigenvalue weighted by Gasteiger charge is -2.21. The summed E-state index contributed by atoms with van der Waals surface area (Å²) >= 11 is 0. The highest BCUT2D eigenvalue weighted by molar-refractivity contribution is 5.78. The number of hydrogen-bond donors (Lipinski definition) is 1. The van der Waals surface area contributed by atoms with Crippen LogP contribution in [0.4, 0.5) is 0 Å². The van der Waals surface area contributed by atoms with E-state index >= 15 is 0 Å². The zero-order chi connectivity index (χ0) is 12.7. The Kier molecular flexibility index (Phi) is 6.27. The van der Waals surface area contributed by atoms with Crippen molar-refractivity contribution in [1.82, 2.24) is 4.90 Å². The van der Waals surface area contributed by atoms with Gasteiger partial charge in [0.15, 0.2) is 0 Å². The Morgan fingerprint density at radius 1 is 1.41 bits per heavy atom. The minimum Gasteiger partial charge on any atom is -0.346 e. The fourth-order valence-electron chi connectivity index (χ4n) is 2.48. The van der Waals surface area contributed by atoms with Crippen molar-refractivity contribution in [3.63, 3.8) is 0 Å². The van der Waals surface area contributed by atoms with Crippen molar-refractivity contribution < 1.29 is 4.79 Å². The molecular formula is C14H26N2O. The number of unbranched alkanes of at least 4 members (excludes halogenated alkanes) is 3. The maximum Gasteiger partial charge on any atom is 0.225 e. The van der Waals surface area contributed by atoms with Gasteiger partial charge in [0.2, 0.25) is 5.91 Å². The van der Waals surface area contributed by atoms with Gasteiger partial charge in [-0.3, -0.25) is 4.79 Å². The average Bonchev–Trinajstić information content (AvgIpc) is 2.74. The third kappa shape index (κ3) is 4.90. The first kappa shape index (κ1) is 14.2. The average molecular weight is 238 g/mol. The molecule has 1 aliphatic carbocycles. The number of hydrogen-bond acceptors (Lipinski definition) is 2. The molecule has 2 atom stereocenters. The van der Waals surface area contributed by atoms with E-state index in [0.29, 0.717) is 5.91 Å². The smallest absolute Gasteiger partial charge is 0.225 e. The van der Waals surface area contributed by atoms with Crippen LogP contribution < -0.4 is 5.73 Å². The highest BCUT2D eigenvalue weighted by Gasteiger charge is 2.29. The third-order valence-electron chi connectivity index (χ3n) is 3.60. The maximum atomic E-state index is 12.1. The Labute approximate surface area is 105 Å². The van der Waals surface area contributed by atoms with Crippen molar-refractivity contribution in [2.24, 2.45) is 11.7 Å². The standard InChI is InChI=1S/C14H26N2O/c1-3-4-5-6-7-10-16(2)14(17)12-8-9-13(15)11-12/h3,12-13H,1,4-11,15H2,2H3. The van der Waals surface area contributed by atoms with Crippen LogP contribution in [-0.2, 0) is 4.79 Å². The molecule has 0 spiro atoms. The second-order valence-electron chi connectivity index (χ2n) is 5.17. The van der Waals surface area contributed by atoms with Gasteiger partial charge in [0.1, 0.15) is 0 Å². The molecule has 0 aromatic rings. The summed E-state index contributed by atoms with van der Waals surface area (Å²) in [6.07, 6.45) is 9.33. The molecule has 3 nitrogen and oxygen atoms in total. The molecule has 1 fully saturated rings. The molecule has 0 aliphatic heterocycles. The molecule has 2 unspecified atom stereocenters. The zero-order valence-electron chi connectivity index (χ0n) is 11.0. The second-order valence-corrected chi connectivity index (χ2v) is 5.17. The molecule has 0 radical (unpaired) electrons. The van der Waals surface area contributed by atoms with Crippen LogP contribution in [0.5, 0.6) is 0 Å². The van der Waals surface area contributed by atoms with Crippen LogP contribution in [0.1, 0.15) is 44.9 Å². The van der Waals surface area contributed by atoms with Gasteiger partial charge in [0.25, 0.3) is 0 Å². The second kappa shape index (κ2) is 7.49. The molecule has 0 saturated heterocycles. The van der Waals surface area contributed by atoms with E-state index < -0.39 is 0 Å². The van der Waals surface area contributed by atoms with Gasteiger partial charge in [0, 0.05) is 25.6 Å². The van der Waals surface area contributed by atoms with Crippen molar-refractivity contribution in [3.05, 3.63) is 12.7 Å². The molecule has 98 valence electrons. The number of carbonyl (C=O) groups excluding carboxylic acids is 1. The van der Waals surface area contributed by atoms with E-state index in [0.717, 1.165) is 38.6 Å². The molecule has 17 heavy (non-hydrogen) atoms. The topological polar surface area (TPSA) is 46.3 Å². The summed E-state index contributed by atoms with van der Waals surface area (Å²) in [4.78, 5) is 14.0. The fourth-order valence-corrected chi connectivity index (χ4v) is 2.48. The molecular weight excluding hydrogens is 212 g/mol. The number of carbonyl (C=O) groups is 1. The van der Waals surface area contributed by atoms with Gasteiger partial charge in [-0.25, -0.2) is 0 Å². The van der Waals surface area contributed by atoms with Crippen LogP contribution in [0.3, 0.4) is 0 Å². The zero-order valence-corrected chi connectivity index (χ0v) is 11.0. The van der Waals surface area contributed by atoms with Gasteiger partial charge in [-0.1, -0.05) is 12.5 Å². The summed E-state index contributed by atoms with van der Waals surface area (Å²) in [7, 11) is 1.92. The van der Waals surface area contributed by atoms with Crippen LogP contribution in [0, 0.1) is 5.92 Å². The van der Waals surface area contributed by atoms with Crippen molar-refractivity contribution in [2.75, 3.05) is 13.6 Å². The van der Waals surface area contributed by atoms with Crippen LogP contribution in [0.25, 0.3) is 0 Å². The summed E-state index contributed by atoms with van der Waals surface area (Å²) in [6, 6.07) is 0.241. The van der Waals surface area contributed by atoms with E-state index in [1.165, 1.54) is 12.8 Å². The predicted molar refractivity (Wildman–Crippen MR) is 71.6 cm³/mol. The van der Waals surface area contributed by atoms with Crippen LogP contribution in [0.2, 0.25) is 0 Å². The van der Waals surface area contributed by atoms with E-state index in [4.69, 9.17) is 5.73 Å². The number of amides is 1. The molecule has 2 N–H and O–H groups in total. The number of nitrogens with two attached hydrogens (primary N) is 1. The lowest BCUT2D eigenvalue weighted by Crippen LogP contribution is -2.33. The Balaban J connectivity index is 2.16. The quantitative estimate of drug-likeness (QED) is 0.546. The number of nitrogens with zero attached hydrogens (tertiary/aromatic N) is 1. The van der Waals surface area contributed by atoms with Gasteiger partial charge >= 0.3 is 0 Å². The maximum absolute atomic E-state index is 12.1. The summed E-state index contributed by atoms with van der Waals surface area (Å²) in [6.45, 7) is 4.58. The van der Waals surface area contributed by atoms with Crippen LogP contribution in [-0.4, -0.2) is 30.4 Å². The fraction of sp³-hybridized carbons (Fsp3) is 0.786. The Hall–Kier alpha value is -0.830. The highest BCUT2D eigenvalue weighted by atomic mass is 16.2. The van der Waals surface area contributed by atoms with E-state index in [1.807, 2.05) is 18.0 Å². The number of rotatable bonds is 7. The molecule has 3 heteroatoms. The molecule has 0 bridgehead atoms. The molecule has 0 aromatic heterocycles. The SMILES string of the molecule is C=CCCCCCN(C)C(=O)C1CCC(N)C1. The first-order valence-electron chi connectivity index (χ1n) is 6.76. The number of allylic oxidation sites excluding steroid dienone is 1. The first-order valence-corrected chi connectivity index (χ1v) is 6.76. The van der Waals surface area contributed by atoms with Gasteiger partial charge < -0.3 is 10.6 Å². The van der Waals surface area contributed by atoms with E-state index in [-0.39, 0.29) is 12.0 Å². The monoisotopic (exact) mass is 238 g/mol. The lowest BCUT2D eigenvalue weighted by molar-refractivity contribution is -0.134. The predicted octanol–water partition coefficient (Wildman–Crippen LogP) is 2.32. The first-order chi connectivity index (χ1) is 8.15. The van der Waals surface area contributed by atoms with E-state index in [1.54, 1.807) is 0 Å². The molecule has 0 aromatic carbocycles. The minimum absolute atomic E-state index is 0.183. The van der Waals surface area contributed by atoms with E-state index in [2.05, 4.69) is 6.58 Å². The third-order valence-corrected chi connectivity index (χ3v) is 3.60. The molecule has 1 saturated carbocycles. The van der Waals surface area contributed by atoms with Gasteiger partial charge in [-0.05, 0) is 38.5 Å². The lowest BCUT2D eigenvalue weighted by atomic mass is 10.1. The van der Waals surface area contributed by atoms with Crippen LogP contribution in [0.15, 0.2) is 12.7 Å².